The minimum Gasteiger partial charge on any atom is -0.321 e. The zero-order chi connectivity index (χ0) is 20.1. The number of pyridine rings is 1. The van der Waals surface area contributed by atoms with Gasteiger partial charge in [-0.1, -0.05) is 19.1 Å². The van der Waals surface area contributed by atoms with Gasteiger partial charge in [-0.3, -0.25) is 14.1 Å². The fourth-order valence-corrected chi connectivity index (χ4v) is 3.83. The van der Waals surface area contributed by atoms with Crippen LogP contribution in [-0.4, -0.2) is 34.6 Å². The van der Waals surface area contributed by atoms with Crippen LogP contribution in [0.2, 0.25) is 0 Å². The third kappa shape index (κ3) is 4.55. The quantitative estimate of drug-likeness (QED) is 0.635. The zero-order valence-electron chi connectivity index (χ0n) is 15.6. The van der Waals surface area contributed by atoms with Crippen molar-refractivity contribution in [3.05, 3.63) is 66.4 Å². The van der Waals surface area contributed by atoms with Gasteiger partial charge in [-0.15, -0.1) is 0 Å². The first-order chi connectivity index (χ1) is 13.4. The number of aryl methyl sites for hydroxylation is 1. The van der Waals surface area contributed by atoms with Crippen LogP contribution in [0, 0.1) is 6.92 Å². The van der Waals surface area contributed by atoms with E-state index < -0.39 is 15.9 Å². The van der Waals surface area contributed by atoms with Crippen molar-refractivity contribution in [1.29, 1.82) is 0 Å². The Morgan fingerprint density at radius 3 is 2.57 bits per heavy atom. The molecular formula is C19H21N5O3S. The maximum Gasteiger partial charge on any atom is 0.257 e. The molecule has 8 nitrogen and oxygen atoms in total. The van der Waals surface area contributed by atoms with Gasteiger partial charge < -0.3 is 5.32 Å². The molecule has 28 heavy (non-hydrogen) atoms. The second-order valence-electron chi connectivity index (χ2n) is 6.17. The number of rotatable bonds is 7. The lowest BCUT2D eigenvalue weighted by molar-refractivity contribution is 0.102. The summed E-state index contributed by atoms with van der Waals surface area (Å²) in [6.07, 6.45) is 5.51. The Hall–Kier alpha value is -3.20. The molecular weight excluding hydrogens is 378 g/mol. The number of nitrogens with zero attached hydrogens (tertiary/aromatic N) is 3. The molecule has 1 aromatic carbocycles. The largest absolute Gasteiger partial charge is 0.321 e. The predicted molar refractivity (Wildman–Crippen MR) is 108 cm³/mol. The lowest BCUT2D eigenvalue weighted by Crippen LogP contribution is -2.20. The highest BCUT2D eigenvalue weighted by molar-refractivity contribution is 7.92. The second kappa shape index (κ2) is 8.22. The molecule has 1 amide bonds. The van der Waals surface area contributed by atoms with Gasteiger partial charge in [-0.05, 0) is 37.6 Å². The Morgan fingerprint density at radius 2 is 1.93 bits per heavy atom. The minimum atomic E-state index is -3.50. The van der Waals surface area contributed by atoms with Crippen LogP contribution < -0.4 is 10.0 Å². The Balaban J connectivity index is 1.77. The van der Waals surface area contributed by atoms with Crippen LogP contribution in [0.15, 0.2) is 55.0 Å². The van der Waals surface area contributed by atoms with E-state index >= 15 is 0 Å². The summed E-state index contributed by atoms with van der Waals surface area (Å²) in [4.78, 5) is 21.1. The molecule has 0 unspecified atom stereocenters. The van der Waals surface area contributed by atoms with Gasteiger partial charge in [0.05, 0.1) is 28.9 Å². The number of hydrogen-bond donors (Lipinski definition) is 2. The van der Waals surface area contributed by atoms with Crippen LogP contribution in [-0.2, 0) is 10.0 Å². The zero-order valence-corrected chi connectivity index (χ0v) is 16.4. The van der Waals surface area contributed by atoms with Gasteiger partial charge in [-0.2, -0.15) is 0 Å². The molecule has 9 heteroatoms. The Bertz CT molecular complexity index is 1070. The van der Waals surface area contributed by atoms with Crippen LogP contribution in [0.3, 0.4) is 0 Å². The molecule has 2 aromatic heterocycles. The van der Waals surface area contributed by atoms with Gasteiger partial charge in [0.2, 0.25) is 10.0 Å². The molecule has 0 atom stereocenters. The number of carbonyl (C=O) groups excluding carboxylic acids is 1. The molecule has 3 rings (SSSR count). The molecule has 146 valence electrons. The van der Waals surface area contributed by atoms with Gasteiger partial charge in [-0.25, -0.2) is 18.4 Å². The number of benzene rings is 1. The summed E-state index contributed by atoms with van der Waals surface area (Å²) >= 11 is 0. The summed E-state index contributed by atoms with van der Waals surface area (Å²) in [5.41, 5.74) is 0.974. The first-order valence-corrected chi connectivity index (χ1v) is 10.4. The molecule has 0 saturated carbocycles. The van der Waals surface area contributed by atoms with E-state index in [1.165, 1.54) is 6.20 Å². The highest BCUT2D eigenvalue weighted by atomic mass is 32.2. The summed E-state index contributed by atoms with van der Waals surface area (Å²) in [7, 11) is -3.50. The molecule has 0 fully saturated rings. The van der Waals surface area contributed by atoms with Crippen molar-refractivity contribution < 1.29 is 13.2 Å². The van der Waals surface area contributed by atoms with Crippen molar-refractivity contribution >= 4 is 27.3 Å². The molecule has 0 aliphatic carbocycles. The van der Waals surface area contributed by atoms with Crippen LogP contribution in [0.4, 0.5) is 11.4 Å². The van der Waals surface area contributed by atoms with Gasteiger partial charge in [0.15, 0.2) is 0 Å². The lowest BCUT2D eigenvalue weighted by Gasteiger charge is -2.12. The number of carbonyl (C=O) groups is 1. The lowest BCUT2D eigenvalue weighted by atomic mass is 10.1. The van der Waals surface area contributed by atoms with Gasteiger partial charge >= 0.3 is 0 Å². The summed E-state index contributed by atoms with van der Waals surface area (Å²) in [6.45, 7) is 3.65. The minimum absolute atomic E-state index is 0.0119. The van der Waals surface area contributed by atoms with E-state index in [9.17, 15) is 13.2 Å². The van der Waals surface area contributed by atoms with Crippen LogP contribution in [0.1, 0.15) is 29.5 Å². The van der Waals surface area contributed by atoms with Crippen molar-refractivity contribution in [3.8, 4) is 5.82 Å². The van der Waals surface area contributed by atoms with Crippen molar-refractivity contribution in [3.63, 3.8) is 0 Å². The number of sulfonamides is 1. The molecule has 0 aliphatic heterocycles. The standard InChI is InChI=1S/C19H21N5O3S/c1-3-12-28(26,27)23-17-7-5-4-6-16(17)19(25)22-15-8-9-18(21-13-15)24-11-10-20-14(24)2/h4-11,13,23H,3,12H2,1-2H3,(H,22,25). The van der Waals surface area contributed by atoms with E-state index in [0.717, 1.165) is 5.82 Å². The molecule has 2 N–H and O–H groups in total. The number of para-hydroxylation sites is 1. The molecule has 0 saturated heterocycles. The Kier molecular flexibility index (Phi) is 5.74. The molecule has 2 heterocycles. The fraction of sp³-hybridized carbons (Fsp3) is 0.211. The second-order valence-corrected chi connectivity index (χ2v) is 8.01. The van der Waals surface area contributed by atoms with E-state index in [4.69, 9.17) is 0 Å². The molecule has 0 bridgehead atoms. The van der Waals surface area contributed by atoms with Gasteiger partial charge in [0.25, 0.3) is 5.91 Å². The third-order valence-electron chi connectivity index (χ3n) is 3.99. The van der Waals surface area contributed by atoms with Gasteiger partial charge in [0.1, 0.15) is 11.6 Å². The van der Waals surface area contributed by atoms with Crippen molar-refractivity contribution in [2.75, 3.05) is 15.8 Å². The van der Waals surface area contributed by atoms with E-state index in [0.29, 0.717) is 17.9 Å². The molecule has 0 spiro atoms. The molecule has 0 radical (unpaired) electrons. The average molecular weight is 399 g/mol. The molecule has 0 aliphatic rings. The first-order valence-electron chi connectivity index (χ1n) is 8.77. The highest BCUT2D eigenvalue weighted by Crippen LogP contribution is 2.19. The smallest absolute Gasteiger partial charge is 0.257 e. The SMILES string of the molecule is CCCS(=O)(=O)Nc1ccccc1C(=O)Nc1ccc(-n2ccnc2C)nc1. The summed E-state index contributed by atoms with van der Waals surface area (Å²) in [5.74, 6) is 1.05. The number of imidazole rings is 1. The maximum atomic E-state index is 12.7. The van der Waals surface area contributed by atoms with Crippen LogP contribution >= 0.6 is 0 Å². The molecule has 3 aromatic rings. The van der Waals surface area contributed by atoms with E-state index in [1.54, 1.807) is 55.7 Å². The normalized spacial score (nSPS) is 11.2. The number of anilines is 2. The highest BCUT2D eigenvalue weighted by Gasteiger charge is 2.16. The topological polar surface area (TPSA) is 106 Å². The maximum absolute atomic E-state index is 12.7. The summed E-state index contributed by atoms with van der Waals surface area (Å²) in [6, 6.07) is 9.96. The summed E-state index contributed by atoms with van der Waals surface area (Å²) < 4.78 is 28.4. The van der Waals surface area contributed by atoms with E-state index in [2.05, 4.69) is 20.0 Å². The monoisotopic (exact) mass is 399 g/mol. The Labute approximate surface area is 163 Å². The number of aromatic nitrogens is 3. The number of hydrogen-bond acceptors (Lipinski definition) is 5. The van der Waals surface area contributed by atoms with Crippen molar-refractivity contribution in [1.82, 2.24) is 14.5 Å². The first kappa shape index (κ1) is 19.6. The van der Waals surface area contributed by atoms with Crippen LogP contribution in [0.5, 0.6) is 0 Å². The van der Waals surface area contributed by atoms with E-state index in [1.807, 2.05) is 11.5 Å². The van der Waals surface area contributed by atoms with Crippen molar-refractivity contribution in [2.45, 2.75) is 20.3 Å². The number of nitrogens with one attached hydrogen (secondary N) is 2. The Morgan fingerprint density at radius 1 is 1.14 bits per heavy atom. The third-order valence-corrected chi connectivity index (χ3v) is 5.46. The van der Waals surface area contributed by atoms with Crippen LogP contribution in [0.25, 0.3) is 5.82 Å². The average Bonchev–Trinajstić information content (AvgIpc) is 3.08. The fourth-order valence-electron chi connectivity index (χ4n) is 2.68. The predicted octanol–water partition coefficient (Wildman–Crippen LogP) is 2.98. The van der Waals surface area contributed by atoms with Crippen molar-refractivity contribution in [2.24, 2.45) is 0 Å². The van der Waals surface area contributed by atoms with E-state index in [-0.39, 0.29) is 17.0 Å². The summed E-state index contributed by atoms with van der Waals surface area (Å²) in [5, 5.41) is 2.74. The number of amides is 1. The van der Waals surface area contributed by atoms with Gasteiger partial charge in [0, 0.05) is 12.4 Å².